The van der Waals surface area contributed by atoms with E-state index in [9.17, 15) is 35.4 Å². The summed E-state index contributed by atoms with van der Waals surface area (Å²) in [5.41, 5.74) is 0.274. The normalized spacial score (nSPS) is 37.4. The van der Waals surface area contributed by atoms with Crippen LogP contribution in [0.1, 0.15) is 46.0 Å². The molecule has 73 heavy (non-hydrogen) atoms. The molecular formula is C45H78N8O20. The van der Waals surface area contributed by atoms with Crippen LogP contribution in [0.5, 0.6) is 0 Å². The summed E-state index contributed by atoms with van der Waals surface area (Å²) in [7, 11) is 8.48. The fourth-order valence-electron chi connectivity index (χ4n) is 9.64. The Morgan fingerprint density at radius 1 is 0.603 bits per heavy atom. The third-order valence-electron chi connectivity index (χ3n) is 13.2. The van der Waals surface area contributed by atoms with E-state index in [4.69, 9.17) is 61.6 Å². The molecule has 6 rings (SSSR count). The Hall–Kier alpha value is -3.21. The average molecular weight is 1050 g/mol. The van der Waals surface area contributed by atoms with Crippen molar-refractivity contribution < 1.29 is 97.0 Å². The van der Waals surface area contributed by atoms with Crippen molar-refractivity contribution in [1.29, 1.82) is 0 Å². The number of hydrogen-bond acceptors (Lipinski definition) is 25. The van der Waals surface area contributed by atoms with Crippen LogP contribution >= 0.6 is 0 Å². The first kappa shape index (κ1) is 59.0. The first-order valence-corrected chi connectivity index (χ1v) is 24.3. The zero-order chi connectivity index (χ0) is 53.3. The van der Waals surface area contributed by atoms with Gasteiger partial charge in [-0.3, -0.25) is 4.90 Å². The molecule has 20 atom stereocenters. The third kappa shape index (κ3) is 14.8. The van der Waals surface area contributed by atoms with Gasteiger partial charge < -0.3 is 97.5 Å². The Balaban J connectivity index is 1.16. The molecule has 4 saturated heterocycles. The number of amides is 1. The summed E-state index contributed by atoms with van der Waals surface area (Å²) < 4.78 is 78.3. The maximum absolute atomic E-state index is 12.6. The van der Waals surface area contributed by atoms with Crippen LogP contribution in [0.2, 0.25) is 0 Å². The number of carbonyl (C=O) groups is 1. The number of hydrogen-bond donors (Lipinski definition) is 7. The molecular weight excluding hydrogens is 973 g/mol. The second-order valence-corrected chi connectivity index (χ2v) is 19.7. The zero-order valence-corrected chi connectivity index (χ0v) is 43.4. The SMILES string of the molecule is COCC1O[C@@H](O[C@@H]2C(Cn3cc(CN(CCNC(=O)OC(C)(C)C)Cc4cn(CC5O[C@@H](O[C@@H]6C(COC)OC(C)C(OC)[C@H]6O)C(OC)[C@@H](O)[C@@H]5O)nn4)nn3)OC(C)C(OC)[C@H]2O)C(OC)[C@@H](O)[C@@H]1O. The molecule has 28 heteroatoms. The number of rotatable bonds is 23. The predicted octanol–water partition coefficient (Wildman–Crippen LogP) is -3.29. The molecule has 0 aliphatic carbocycles. The van der Waals surface area contributed by atoms with Crippen LogP contribution in [-0.2, 0) is 87.8 Å². The van der Waals surface area contributed by atoms with Crippen molar-refractivity contribution in [1.82, 2.24) is 40.2 Å². The van der Waals surface area contributed by atoms with Gasteiger partial charge in [0.05, 0.1) is 49.9 Å². The minimum absolute atomic E-state index is 0.0392. The van der Waals surface area contributed by atoms with Gasteiger partial charge in [0, 0.05) is 81.2 Å². The van der Waals surface area contributed by atoms with Crippen molar-refractivity contribution in [2.24, 2.45) is 0 Å². The summed E-state index contributed by atoms with van der Waals surface area (Å²) in [6, 6.07) is 0. The monoisotopic (exact) mass is 1050 g/mol. The standard InChI is InChI=1S/C45H78N8O20/c1-22-36(63-8)34(58)38(71-43-41(66-11)33(57)31(55)28(70-43)20-61-6)27(67-22)19-53-17-25(48-50-53)15-51(13-12-46-44(60)73-45(3,4)5)14-24-16-52(49-47-24)18-26-30(54)32(56)40(65-10)42(69-26)72-39-29(21-62-7)68-23(2)37(64-9)35(39)59/h16-17,22-23,26-43,54-59H,12-15,18-21H2,1-11H3,(H,46,60)/t22?,23?,26?,27?,28?,29?,30-,31-,32+,33+,34-,35-,36?,37?,38-,39-,40?,41?,42+,43+/m1/s1. The highest BCUT2D eigenvalue weighted by Gasteiger charge is 2.53. The van der Waals surface area contributed by atoms with Gasteiger partial charge in [-0.05, 0) is 34.6 Å². The summed E-state index contributed by atoms with van der Waals surface area (Å²) >= 11 is 0. The summed E-state index contributed by atoms with van der Waals surface area (Å²) in [6.07, 6.45) is -18.6. The number of methoxy groups -OCH3 is 6. The van der Waals surface area contributed by atoms with Gasteiger partial charge >= 0.3 is 6.09 Å². The number of nitrogens with one attached hydrogen (secondary N) is 1. The van der Waals surface area contributed by atoms with Crippen LogP contribution in [0.4, 0.5) is 4.79 Å². The smallest absolute Gasteiger partial charge is 0.407 e. The molecule has 28 nitrogen and oxygen atoms in total. The summed E-state index contributed by atoms with van der Waals surface area (Å²) in [4.78, 5) is 14.6. The molecule has 0 radical (unpaired) electrons. The van der Waals surface area contributed by atoms with E-state index in [0.717, 1.165) is 0 Å². The van der Waals surface area contributed by atoms with E-state index in [1.165, 1.54) is 52.0 Å². The molecule has 418 valence electrons. The summed E-state index contributed by atoms with van der Waals surface area (Å²) in [5.74, 6) is 0. The van der Waals surface area contributed by atoms with Crippen molar-refractivity contribution in [2.75, 3.05) is 69.0 Å². The quantitative estimate of drug-likeness (QED) is 0.0574. The highest BCUT2D eigenvalue weighted by molar-refractivity contribution is 5.67. The Kier molecular flexibility index (Phi) is 21.6. The molecule has 4 aliphatic rings. The molecule has 0 saturated carbocycles. The van der Waals surface area contributed by atoms with E-state index in [1.54, 1.807) is 47.0 Å². The van der Waals surface area contributed by atoms with Crippen LogP contribution in [0.3, 0.4) is 0 Å². The molecule has 7 N–H and O–H groups in total. The van der Waals surface area contributed by atoms with E-state index in [2.05, 4.69) is 25.9 Å². The van der Waals surface area contributed by atoms with Gasteiger partial charge in [0.2, 0.25) is 0 Å². The van der Waals surface area contributed by atoms with Gasteiger partial charge in [-0.2, -0.15) is 0 Å². The minimum Gasteiger partial charge on any atom is -0.444 e. The first-order valence-electron chi connectivity index (χ1n) is 24.3. The number of aliphatic hydroxyl groups is 6. The predicted molar refractivity (Wildman–Crippen MR) is 247 cm³/mol. The van der Waals surface area contributed by atoms with Crippen LogP contribution < -0.4 is 5.32 Å². The lowest BCUT2D eigenvalue weighted by Crippen LogP contribution is -2.64. The third-order valence-corrected chi connectivity index (χ3v) is 13.2. The molecule has 4 fully saturated rings. The van der Waals surface area contributed by atoms with Gasteiger partial charge in [0.15, 0.2) is 12.6 Å². The molecule has 10 unspecified atom stereocenters. The second-order valence-electron chi connectivity index (χ2n) is 19.7. The van der Waals surface area contributed by atoms with Crippen LogP contribution in [0.15, 0.2) is 12.4 Å². The fourth-order valence-corrected chi connectivity index (χ4v) is 9.64. The van der Waals surface area contributed by atoms with Crippen LogP contribution in [0.25, 0.3) is 0 Å². The van der Waals surface area contributed by atoms with Gasteiger partial charge in [-0.25, -0.2) is 14.2 Å². The van der Waals surface area contributed by atoms with E-state index in [-0.39, 0.29) is 52.5 Å². The maximum atomic E-state index is 12.6. The van der Waals surface area contributed by atoms with Crippen molar-refractivity contribution in [3.8, 4) is 0 Å². The second kappa shape index (κ2) is 26.7. The molecule has 4 aliphatic heterocycles. The Morgan fingerprint density at radius 3 is 1.52 bits per heavy atom. The minimum atomic E-state index is -1.47. The van der Waals surface area contributed by atoms with Gasteiger partial charge in [0.25, 0.3) is 0 Å². The van der Waals surface area contributed by atoms with Crippen LogP contribution in [-0.4, -0.2) is 269 Å². The number of carbonyl (C=O) groups excluding carboxylic acids is 1. The summed E-state index contributed by atoms with van der Waals surface area (Å²) in [6.45, 7) is 9.61. The molecule has 0 aromatic carbocycles. The molecule has 6 heterocycles. The van der Waals surface area contributed by atoms with Crippen molar-refractivity contribution in [3.63, 3.8) is 0 Å². The van der Waals surface area contributed by atoms with E-state index in [1.807, 2.05) is 4.90 Å². The van der Waals surface area contributed by atoms with E-state index in [0.29, 0.717) is 11.4 Å². The zero-order valence-electron chi connectivity index (χ0n) is 43.4. The highest BCUT2D eigenvalue weighted by atomic mass is 16.7. The first-order chi connectivity index (χ1) is 34.7. The Bertz CT molecular complexity index is 1960. The van der Waals surface area contributed by atoms with Gasteiger partial charge in [-0.1, -0.05) is 10.4 Å². The van der Waals surface area contributed by atoms with Crippen molar-refractivity contribution in [2.45, 2.75) is 189 Å². The number of aliphatic hydroxyl groups excluding tert-OH is 6. The summed E-state index contributed by atoms with van der Waals surface area (Å²) in [5, 5.41) is 87.2. The lowest BCUT2D eigenvalue weighted by molar-refractivity contribution is -0.344. The maximum Gasteiger partial charge on any atom is 0.407 e. The largest absolute Gasteiger partial charge is 0.444 e. The number of alkyl carbamates (subject to hydrolysis) is 1. The van der Waals surface area contributed by atoms with Gasteiger partial charge in [0.1, 0.15) is 103 Å². The van der Waals surface area contributed by atoms with Crippen molar-refractivity contribution >= 4 is 6.09 Å². The average Bonchev–Trinajstić information content (AvgIpc) is 3.97. The Labute approximate surface area is 424 Å². The van der Waals surface area contributed by atoms with E-state index >= 15 is 0 Å². The number of nitrogens with zero attached hydrogens (tertiary/aromatic N) is 7. The Morgan fingerprint density at radius 2 is 1.04 bits per heavy atom. The lowest BCUT2D eigenvalue weighted by atomic mass is 9.94. The molecule has 0 spiro atoms. The fraction of sp³-hybridized carbons (Fsp3) is 0.889. The molecule has 1 amide bonds. The van der Waals surface area contributed by atoms with E-state index < -0.39 is 134 Å². The number of ether oxygens (including phenoxy) is 13. The lowest BCUT2D eigenvalue weighted by Gasteiger charge is -2.47. The topological polar surface area (TPSA) is 335 Å². The van der Waals surface area contributed by atoms with Crippen molar-refractivity contribution in [3.05, 3.63) is 23.8 Å². The molecule has 2 aromatic heterocycles. The van der Waals surface area contributed by atoms with Crippen LogP contribution in [0, 0.1) is 0 Å². The molecule has 2 aromatic rings. The highest BCUT2D eigenvalue weighted by Crippen LogP contribution is 2.34. The van der Waals surface area contributed by atoms with Gasteiger partial charge in [-0.15, -0.1) is 10.2 Å². The number of aromatic nitrogens is 6. The molecule has 0 bridgehead atoms.